The van der Waals surface area contributed by atoms with Crippen LogP contribution in [0.25, 0.3) is 0 Å². The average molecular weight is 476 g/mol. The van der Waals surface area contributed by atoms with Crippen molar-refractivity contribution in [1.82, 2.24) is 10.2 Å². The molecule has 2 heterocycles. The number of hydrogen-bond acceptors (Lipinski definition) is 5. The van der Waals surface area contributed by atoms with Gasteiger partial charge in [-0.05, 0) is 44.0 Å². The van der Waals surface area contributed by atoms with Crippen molar-refractivity contribution in [3.63, 3.8) is 0 Å². The molecule has 2 aliphatic rings. The molecule has 0 aliphatic carbocycles. The molecule has 2 N–H and O–H groups in total. The summed E-state index contributed by atoms with van der Waals surface area (Å²) < 4.78 is 42.4. The van der Waals surface area contributed by atoms with Gasteiger partial charge in [-0.25, -0.2) is 4.79 Å². The van der Waals surface area contributed by atoms with Gasteiger partial charge >= 0.3 is 12.3 Å². The number of carboxylic acid groups (broad SMARTS) is 1. The van der Waals surface area contributed by atoms with E-state index in [0.717, 1.165) is 17.0 Å². The third kappa shape index (κ3) is 3.71. The number of ether oxygens (including phenoxy) is 1. The fourth-order valence-electron chi connectivity index (χ4n) is 5.05. The number of rotatable bonds is 4. The number of carbonyl (C=O) groups excluding carboxylic acids is 2. The maximum atomic E-state index is 13.6. The molecular weight excluding hydrogens is 453 g/mol. The van der Waals surface area contributed by atoms with E-state index >= 15 is 0 Å². The van der Waals surface area contributed by atoms with Crippen molar-refractivity contribution in [2.45, 2.75) is 44.3 Å². The predicted molar refractivity (Wildman–Crippen MR) is 113 cm³/mol. The van der Waals surface area contributed by atoms with Gasteiger partial charge in [-0.2, -0.15) is 0 Å². The van der Waals surface area contributed by atoms with Crippen LogP contribution in [0.15, 0.2) is 54.6 Å². The number of nitrogens with one attached hydrogen (secondary N) is 1. The lowest BCUT2D eigenvalue weighted by molar-refractivity contribution is -0.274. The Labute approximate surface area is 193 Å². The van der Waals surface area contributed by atoms with E-state index < -0.39 is 58.9 Å². The molecule has 10 heteroatoms. The summed E-state index contributed by atoms with van der Waals surface area (Å²) in [5.74, 6) is -5.57. The molecule has 2 fully saturated rings. The number of alkyl halides is 3. The first kappa shape index (κ1) is 23.7. The molecule has 0 bridgehead atoms. The Morgan fingerprint density at radius 1 is 1.03 bits per heavy atom. The second kappa shape index (κ2) is 7.83. The number of hydrogen-bond donors (Lipinski definition) is 2. The minimum atomic E-state index is -4.93. The van der Waals surface area contributed by atoms with Gasteiger partial charge in [0.1, 0.15) is 5.75 Å². The second-order valence-corrected chi connectivity index (χ2v) is 9.41. The van der Waals surface area contributed by atoms with E-state index in [1.165, 1.54) is 12.1 Å². The number of imide groups is 1. The van der Waals surface area contributed by atoms with Gasteiger partial charge in [-0.3, -0.25) is 19.8 Å². The molecule has 2 saturated heterocycles. The third-order valence-corrected chi connectivity index (χ3v) is 6.25. The number of benzene rings is 2. The Kier molecular flexibility index (Phi) is 5.47. The molecule has 2 amide bonds. The quantitative estimate of drug-likeness (QED) is 0.655. The van der Waals surface area contributed by atoms with E-state index in [1.807, 2.05) is 0 Å². The number of amides is 2. The Morgan fingerprint density at radius 3 is 2.24 bits per heavy atom. The summed E-state index contributed by atoms with van der Waals surface area (Å²) in [6.07, 6.45) is -4.93. The Hall–Kier alpha value is -3.40. The second-order valence-electron chi connectivity index (χ2n) is 9.41. The molecule has 0 aromatic heterocycles. The van der Waals surface area contributed by atoms with Gasteiger partial charge in [0.15, 0.2) is 5.54 Å². The zero-order valence-electron chi connectivity index (χ0n) is 18.6. The number of likely N-dealkylation sites (tertiary alicyclic amines) is 1. The SMILES string of the molecule is CC(C)(C)N1C(=O)C2C(c3cccc(OC(F)(F)F)c3)NC(C(=O)O)(c3ccccc3)C2C1=O. The highest BCUT2D eigenvalue weighted by atomic mass is 19.4. The maximum absolute atomic E-state index is 13.6. The summed E-state index contributed by atoms with van der Waals surface area (Å²) in [5, 5.41) is 13.4. The normalized spacial score (nSPS) is 27.1. The average Bonchev–Trinajstić information content (AvgIpc) is 3.22. The number of fused-ring (bicyclic) bond motifs is 1. The zero-order chi connectivity index (χ0) is 25.1. The van der Waals surface area contributed by atoms with Gasteiger partial charge < -0.3 is 9.84 Å². The summed E-state index contributed by atoms with van der Waals surface area (Å²) in [7, 11) is 0. The van der Waals surface area contributed by atoms with Crippen LogP contribution in [0.1, 0.15) is 37.9 Å². The van der Waals surface area contributed by atoms with Crippen LogP contribution in [-0.4, -0.2) is 39.7 Å². The number of halogens is 3. The van der Waals surface area contributed by atoms with Crippen LogP contribution in [-0.2, 0) is 19.9 Å². The van der Waals surface area contributed by atoms with Crippen LogP contribution in [0.4, 0.5) is 13.2 Å². The van der Waals surface area contributed by atoms with E-state index in [4.69, 9.17) is 0 Å². The molecule has 180 valence electrons. The molecule has 0 radical (unpaired) electrons. The highest BCUT2D eigenvalue weighted by molar-refractivity contribution is 6.10. The van der Waals surface area contributed by atoms with Crippen molar-refractivity contribution in [2.75, 3.05) is 0 Å². The van der Waals surface area contributed by atoms with Crippen molar-refractivity contribution in [3.05, 3.63) is 65.7 Å². The smallest absolute Gasteiger partial charge is 0.480 e. The van der Waals surface area contributed by atoms with Crippen LogP contribution in [0, 0.1) is 11.8 Å². The topological polar surface area (TPSA) is 95.9 Å². The maximum Gasteiger partial charge on any atom is 0.573 e. The molecule has 0 spiro atoms. The zero-order valence-corrected chi connectivity index (χ0v) is 18.6. The Morgan fingerprint density at radius 2 is 1.68 bits per heavy atom. The van der Waals surface area contributed by atoms with Gasteiger partial charge in [0, 0.05) is 11.6 Å². The van der Waals surface area contributed by atoms with Crippen LogP contribution in [0.3, 0.4) is 0 Å². The summed E-state index contributed by atoms with van der Waals surface area (Å²) in [6.45, 7) is 4.99. The number of carbonyl (C=O) groups is 3. The standard InChI is InChI=1S/C24H23F3N2O5/c1-22(2,3)29-19(30)16-17(20(29)31)23(21(32)33,14-9-5-4-6-10-14)28-18(16)13-8-7-11-15(12-13)34-24(25,26)27/h4-12,16-18,28H,1-3H3,(H,32,33). The third-order valence-electron chi connectivity index (χ3n) is 6.25. The number of carboxylic acids is 1. The van der Waals surface area contributed by atoms with Crippen molar-refractivity contribution >= 4 is 17.8 Å². The van der Waals surface area contributed by atoms with Crippen LogP contribution >= 0.6 is 0 Å². The van der Waals surface area contributed by atoms with Crippen molar-refractivity contribution in [1.29, 1.82) is 0 Å². The lowest BCUT2D eigenvalue weighted by Crippen LogP contribution is -2.55. The molecule has 2 aliphatic heterocycles. The van der Waals surface area contributed by atoms with Gasteiger partial charge in [-0.1, -0.05) is 42.5 Å². The molecular formula is C24H23F3N2O5. The van der Waals surface area contributed by atoms with Crippen molar-refractivity contribution in [3.8, 4) is 5.75 Å². The predicted octanol–water partition coefficient (Wildman–Crippen LogP) is 3.61. The van der Waals surface area contributed by atoms with Crippen LogP contribution in [0.2, 0.25) is 0 Å². The fraction of sp³-hybridized carbons (Fsp3) is 0.375. The minimum absolute atomic E-state index is 0.202. The molecule has 2 aromatic carbocycles. The van der Waals surface area contributed by atoms with Gasteiger partial charge in [0.25, 0.3) is 0 Å². The first-order valence-corrected chi connectivity index (χ1v) is 10.6. The van der Waals surface area contributed by atoms with Crippen molar-refractivity contribution < 1.29 is 37.4 Å². The lowest BCUT2D eigenvalue weighted by Gasteiger charge is -2.35. The molecule has 4 unspecified atom stereocenters. The van der Waals surface area contributed by atoms with Gasteiger partial charge in [-0.15, -0.1) is 13.2 Å². The summed E-state index contributed by atoms with van der Waals surface area (Å²) >= 11 is 0. The molecule has 2 aromatic rings. The lowest BCUT2D eigenvalue weighted by atomic mass is 9.75. The summed E-state index contributed by atoms with van der Waals surface area (Å²) in [6, 6.07) is 11.9. The van der Waals surface area contributed by atoms with Crippen LogP contribution in [0.5, 0.6) is 5.75 Å². The highest BCUT2D eigenvalue weighted by Gasteiger charge is 2.70. The highest BCUT2D eigenvalue weighted by Crippen LogP contribution is 2.54. The molecule has 4 atom stereocenters. The number of nitrogens with zero attached hydrogens (tertiary/aromatic N) is 1. The van der Waals surface area contributed by atoms with E-state index in [-0.39, 0.29) is 11.1 Å². The molecule has 4 rings (SSSR count). The van der Waals surface area contributed by atoms with E-state index in [1.54, 1.807) is 51.1 Å². The van der Waals surface area contributed by atoms with Crippen LogP contribution < -0.4 is 10.1 Å². The summed E-state index contributed by atoms with van der Waals surface area (Å²) in [4.78, 5) is 41.0. The van der Waals surface area contributed by atoms with Gasteiger partial charge in [0.05, 0.1) is 11.8 Å². The van der Waals surface area contributed by atoms with Crippen molar-refractivity contribution in [2.24, 2.45) is 11.8 Å². The molecule has 0 saturated carbocycles. The first-order valence-electron chi connectivity index (χ1n) is 10.6. The molecule has 34 heavy (non-hydrogen) atoms. The fourth-order valence-corrected chi connectivity index (χ4v) is 5.05. The number of aliphatic carboxylic acids is 1. The van der Waals surface area contributed by atoms with E-state index in [0.29, 0.717) is 0 Å². The Balaban J connectivity index is 1.90. The summed E-state index contributed by atoms with van der Waals surface area (Å²) in [5.41, 5.74) is -2.43. The molecule has 7 nitrogen and oxygen atoms in total. The minimum Gasteiger partial charge on any atom is -0.480 e. The monoisotopic (exact) mass is 476 g/mol. The Bertz CT molecular complexity index is 1150. The van der Waals surface area contributed by atoms with E-state index in [2.05, 4.69) is 10.1 Å². The largest absolute Gasteiger partial charge is 0.573 e. The van der Waals surface area contributed by atoms with E-state index in [9.17, 15) is 32.7 Å². The van der Waals surface area contributed by atoms with Gasteiger partial charge in [0.2, 0.25) is 11.8 Å². The first-order chi connectivity index (χ1) is 15.8.